The molecule has 0 atom stereocenters. The number of piperidine rings is 1. The third kappa shape index (κ3) is 4.95. The van der Waals surface area contributed by atoms with Crippen molar-refractivity contribution in [1.29, 1.82) is 0 Å². The van der Waals surface area contributed by atoms with E-state index in [-0.39, 0.29) is 17.9 Å². The fourth-order valence-electron chi connectivity index (χ4n) is 3.21. The Bertz CT molecular complexity index is 790. The number of carbonyl (C=O) groups excluding carboxylic acids is 2. The zero-order valence-electron chi connectivity index (χ0n) is 16.0. The van der Waals surface area contributed by atoms with Gasteiger partial charge >= 0.3 is 0 Å². The van der Waals surface area contributed by atoms with Gasteiger partial charge in [-0.1, -0.05) is 13.8 Å². The second-order valence-corrected chi connectivity index (χ2v) is 8.81. The predicted molar refractivity (Wildman–Crippen MR) is 107 cm³/mol. The molecule has 144 valence electrons. The van der Waals surface area contributed by atoms with Gasteiger partial charge in [-0.2, -0.15) is 0 Å². The Morgan fingerprint density at radius 1 is 1.15 bits per heavy atom. The lowest BCUT2D eigenvalue weighted by Crippen LogP contribution is -2.46. The average Bonchev–Trinajstić information content (AvgIpc) is 3.08. The minimum Gasteiger partial charge on any atom is -0.459 e. The van der Waals surface area contributed by atoms with Crippen LogP contribution in [0.3, 0.4) is 0 Å². The molecule has 1 aromatic heterocycles. The number of rotatable bonds is 5. The van der Waals surface area contributed by atoms with Crippen LogP contribution in [0.15, 0.2) is 45.9 Å². The maximum atomic E-state index is 12.7. The third-order valence-corrected chi connectivity index (χ3v) is 5.67. The highest BCUT2D eigenvalue weighted by Crippen LogP contribution is 2.23. The van der Waals surface area contributed by atoms with Crippen molar-refractivity contribution in [2.45, 2.75) is 49.8 Å². The summed E-state index contributed by atoms with van der Waals surface area (Å²) < 4.78 is 5.24. The zero-order chi connectivity index (χ0) is 19.4. The highest BCUT2D eigenvalue weighted by atomic mass is 32.2. The Morgan fingerprint density at radius 3 is 2.37 bits per heavy atom. The van der Waals surface area contributed by atoms with Gasteiger partial charge in [0.1, 0.15) is 0 Å². The van der Waals surface area contributed by atoms with Crippen molar-refractivity contribution in [3.05, 3.63) is 53.5 Å². The predicted octanol–water partition coefficient (Wildman–Crippen LogP) is 4.12. The highest BCUT2D eigenvalue weighted by Gasteiger charge is 2.26. The van der Waals surface area contributed by atoms with E-state index in [1.165, 1.54) is 11.2 Å². The van der Waals surface area contributed by atoms with Crippen molar-refractivity contribution >= 4 is 23.6 Å². The van der Waals surface area contributed by atoms with E-state index in [2.05, 4.69) is 19.2 Å². The lowest BCUT2D eigenvalue weighted by Gasteiger charge is -2.32. The van der Waals surface area contributed by atoms with Crippen molar-refractivity contribution in [1.82, 2.24) is 10.2 Å². The smallest absolute Gasteiger partial charge is 0.287 e. The Hall–Kier alpha value is -2.21. The Kier molecular flexibility index (Phi) is 6.26. The fraction of sp³-hybridized carbons (Fsp3) is 0.429. The Balaban J connectivity index is 1.52. The van der Waals surface area contributed by atoms with Crippen LogP contribution in [0.5, 0.6) is 0 Å². The molecule has 2 amide bonds. The maximum absolute atomic E-state index is 12.7. The lowest BCUT2D eigenvalue weighted by atomic mass is 10.0. The molecule has 1 aliphatic rings. The van der Waals surface area contributed by atoms with E-state index in [1.54, 1.807) is 17.8 Å². The number of aryl methyl sites for hydroxylation is 1. The number of amides is 2. The van der Waals surface area contributed by atoms with Crippen LogP contribution in [0, 0.1) is 6.92 Å². The van der Waals surface area contributed by atoms with E-state index in [0.29, 0.717) is 24.1 Å². The van der Waals surface area contributed by atoms with Crippen molar-refractivity contribution in [2.75, 3.05) is 13.1 Å². The molecular weight excluding hydrogens is 360 g/mol. The minimum atomic E-state index is -0.180. The first-order valence-corrected chi connectivity index (χ1v) is 10.2. The van der Waals surface area contributed by atoms with Crippen LogP contribution in [-0.2, 0) is 0 Å². The van der Waals surface area contributed by atoms with Gasteiger partial charge in [-0.25, -0.2) is 0 Å². The summed E-state index contributed by atoms with van der Waals surface area (Å²) in [5.74, 6) is 0.246. The molecule has 0 aliphatic carbocycles. The Morgan fingerprint density at radius 2 is 1.81 bits per heavy atom. The van der Waals surface area contributed by atoms with E-state index in [1.807, 2.05) is 36.1 Å². The van der Waals surface area contributed by atoms with Crippen LogP contribution in [0.1, 0.15) is 53.2 Å². The van der Waals surface area contributed by atoms with Crippen LogP contribution in [-0.4, -0.2) is 41.1 Å². The maximum Gasteiger partial charge on any atom is 0.287 e. The van der Waals surface area contributed by atoms with E-state index >= 15 is 0 Å². The molecule has 1 aliphatic heterocycles. The van der Waals surface area contributed by atoms with Crippen molar-refractivity contribution < 1.29 is 14.0 Å². The second kappa shape index (κ2) is 8.65. The summed E-state index contributed by atoms with van der Waals surface area (Å²) in [5, 5.41) is 3.53. The molecule has 3 rings (SSSR count). The summed E-state index contributed by atoms with van der Waals surface area (Å²) in [5.41, 5.74) is 1.55. The summed E-state index contributed by atoms with van der Waals surface area (Å²) in [6.45, 7) is 7.44. The zero-order valence-corrected chi connectivity index (χ0v) is 16.8. The van der Waals surface area contributed by atoms with Crippen LogP contribution >= 0.6 is 11.8 Å². The lowest BCUT2D eigenvalue weighted by molar-refractivity contribution is 0.0695. The molecule has 1 aromatic carbocycles. The molecule has 0 spiro atoms. The number of likely N-dealkylation sites (tertiary alicyclic amines) is 1. The van der Waals surface area contributed by atoms with E-state index in [0.717, 1.165) is 24.0 Å². The van der Waals surface area contributed by atoms with Gasteiger partial charge in [0.15, 0.2) is 5.76 Å². The molecule has 1 fully saturated rings. The first kappa shape index (κ1) is 19.5. The molecular formula is C21H26N2O3S. The summed E-state index contributed by atoms with van der Waals surface area (Å²) in [4.78, 5) is 28.0. The first-order valence-electron chi connectivity index (χ1n) is 9.35. The fourth-order valence-corrected chi connectivity index (χ4v) is 4.05. The minimum absolute atomic E-state index is 0.0581. The SMILES string of the molecule is Cc1ccoc1C(=O)NC1CCN(C(=O)c2ccc(SC(C)C)cc2)CC1. The standard InChI is InChI=1S/C21H26N2O3S/c1-14(2)27-18-6-4-16(5-7-18)21(25)23-11-8-17(9-12-23)22-20(24)19-15(3)10-13-26-19/h4-7,10,13-14,17H,8-9,11-12H2,1-3H3,(H,22,24). The van der Waals surface area contributed by atoms with Crippen LogP contribution in [0.2, 0.25) is 0 Å². The summed E-state index contributed by atoms with van der Waals surface area (Å²) in [6.07, 6.45) is 3.02. The number of hydrogen-bond acceptors (Lipinski definition) is 4. The number of hydrogen-bond donors (Lipinski definition) is 1. The molecule has 2 heterocycles. The molecule has 6 heteroatoms. The highest BCUT2D eigenvalue weighted by molar-refractivity contribution is 7.99. The van der Waals surface area contributed by atoms with E-state index in [4.69, 9.17) is 4.42 Å². The summed E-state index contributed by atoms with van der Waals surface area (Å²) in [6, 6.07) is 9.67. The second-order valence-electron chi connectivity index (χ2n) is 7.16. The monoisotopic (exact) mass is 386 g/mol. The number of thioether (sulfide) groups is 1. The molecule has 27 heavy (non-hydrogen) atoms. The molecule has 0 saturated carbocycles. The molecule has 1 N–H and O–H groups in total. The molecule has 2 aromatic rings. The summed E-state index contributed by atoms with van der Waals surface area (Å²) in [7, 11) is 0. The normalized spacial score (nSPS) is 15.2. The number of nitrogens with one attached hydrogen (secondary N) is 1. The largest absolute Gasteiger partial charge is 0.459 e. The van der Waals surface area contributed by atoms with E-state index < -0.39 is 0 Å². The summed E-state index contributed by atoms with van der Waals surface area (Å²) >= 11 is 1.79. The van der Waals surface area contributed by atoms with Gasteiger partial charge in [-0.15, -0.1) is 11.8 Å². The van der Waals surface area contributed by atoms with Gasteiger partial charge in [0.05, 0.1) is 6.26 Å². The van der Waals surface area contributed by atoms with Gasteiger partial charge in [0.2, 0.25) is 0 Å². The first-order chi connectivity index (χ1) is 12.9. The van der Waals surface area contributed by atoms with Gasteiger partial charge < -0.3 is 14.6 Å². The number of furan rings is 1. The van der Waals surface area contributed by atoms with Gasteiger partial charge in [-0.05, 0) is 50.1 Å². The quantitative estimate of drug-likeness (QED) is 0.785. The molecule has 0 bridgehead atoms. The Labute approximate surface area is 164 Å². The third-order valence-electron chi connectivity index (χ3n) is 4.66. The number of benzene rings is 1. The van der Waals surface area contributed by atoms with Crippen molar-refractivity contribution in [3.8, 4) is 0 Å². The molecule has 0 unspecified atom stereocenters. The molecule has 5 nitrogen and oxygen atoms in total. The van der Waals surface area contributed by atoms with Gasteiger partial charge in [0.25, 0.3) is 11.8 Å². The average molecular weight is 387 g/mol. The van der Waals surface area contributed by atoms with Crippen LogP contribution in [0.4, 0.5) is 0 Å². The molecule has 1 saturated heterocycles. The number of nitrogens with zero attached hydrogens (tertiary/aromatic N) is 1. The molecule has 0 radical (unpaired) electrons. The van der Waals surface area contributed by atoms with Gasteiger partial charge in [-0.3, -0.25) is 9.59 Å². The van der Waals surface area contributed by atoms with Gasteiger partial charge in [0, 0.05) is 40.4 Å². The van der Waals surface area contributed by atoms with Crippen LogP contribution in [0.25, 0.3) is 0 Å². The van der Waals surface area contributed by atoms with Crippen LogP contribution < -0.4 is 5.32 Å². The topological polar surface area (TPSA) is 62.6 Å². The van der Waals surface area contributed by atoms with Crippen molar-refractivity contribution in [3.63, 3.8) is 0 Å². The van der Waals surface area contributed by atoms with Crippen molar-refractivity contribution in [2.24, 2.45) is 0 Å². The van der Waals surface area contributed by atoms with E-state index in [9.17, 15) is 9.59 Å². The number of carbonyl (C=O) groups is 2.